The predicted molar refractivity (Wildman–Crippen MR) is 135 cm³/mol. The lowest BCUT2D eigenvalue weighted by atomic mass is 9.90. The van der Waals surface area contributed by atoms with Gasteiger partial charge in [0.25, 0.3) is 0 Å². The minimum atomic E-state index is -7.43. The molecule has 228 valence electrons. The number of allylic oxidation sites excluding steroid dienone is 4. The third-order valence-electron chi connectivity index (χ3n) is 6.17. The normalized spacial score (nSPS) is 19.0. The molecule has 5 nitrogen and oxygen atoms in total. The Labute approximate surface area is 235 Å². The van der Waals surface area contributed by atoms with Crippen LogP contribution in [0.5, 0.6) is 0 Å². The molecule has 0 aromatic heterocycles. The fraction of sp³-hybridized carbons (Fsp3) is 0.269. The highest BCUT2D eigenvalue weighted by Gasteiger charge is 2.83. The van der Waals surface area contributed by atoms with Crippen LogP contribution in [0.15, 0.2) is 76.6 Å². The van der Waals surface area contributed by atoms with Gasteiger partial charge in [0.05, 0.1) is 5.56 Å². The van der Waals surface area contributed by atoms with E-state index in [0.29, 0.717) is 11.1 Å². The van der Waals surface area contributed by atoms with Crippen LogP contribution in [-0.2, 0) is 20.6 Å². The molecule has 0 spiro atoms. The summed E-state index contributed by atoms with van der Waals surface area (Å²) in [6.45, 7) is 3.62. The zero-order valence-corrected chi connectivity index (χ0v) is 22.9. The average molecular weight is 647 g/mol. The van der Waals surface area contributed by atoms with Crippen LogP contribution in [0.2, 0.25) is 0 Å². The fourth-order valence-electron chi connectivity index (χ4n) is 3.92. The molecule has 0 bridgehead atoms. The van der Waals surface area contributed by atoms with E-state index in [0.717, 1.165) is 4.90 Å². The van der Waals surface area contributed by atoms with Gasteiger partial charge in [-0.15, -0.1) is 0 Å². The van der Waals surface area contributed by atoms with Crippen LogP contribution in [0.25, 0.3) is 0 Å². The molecule has 2 atom stereocenters. The van der Waals surface area contributed by atoms with Gasteiger partial charge in [0.2, 0.25) is 0 Å². The van der Waals surface area contributed by atoms with Gasteiger partial charge in [-0.2, -0.15) is 39.5 Å². The summed E-state index contributed by atoms with van der Waals surface area (Å²) in [4.78, 5) is 28.3. The van der Waals surface area contributed by atoms with Crippen LogP contribution in [0.3, 0.4) is 0 Å². The molecule has 2 aliphatic rings. The summed E-state index contributed by atoms with van der Waals surface area (Å²) in [7, 11) is -8.18. The quantitative estimate of drug-likeness (QED) is 0.0988. The lowest BCUT2D eigenvalue weighted by Gasteiger charge is -2.34. The maximum Gasteiger partial charge on any atom is 0.460 e. The first-order valence-corrected chi connectivity index (χ1v) is 14.2. The van der Waals surface area contributed by atoms with E-state index in [1.807, 2.05) is 30.4 Å². The Hall–Kier alpha value is -3.24. The Morgan fingerprint density at radius 3 is 1.95 bits per heavy atom. The second-order valence-corrected chi connectivity index (χ2v) is 12.7. The van der Waals surface area contributed by atoms with E-state index in [1.165, 1.54) is 15.3 Å². The summed E-state index contributed by atoms with van der Waals surface area (Å²) in [6.07, 6.45) is 0.858. The SMILES string of the molecule is CC(=O)c1ccc2c(c1)C(=O)C1C=CC=CC1=[SH+]2c1ccc(C)cc1.O=S(=O)([O-])C(F)(F)C(F)(F)C(F)(F)C(F)(F)F. The number of Topliss-reactive ketones (excluding diaryl/α,β-unsaturated/α-hetero) is 2. The summed E-state index contributed by atoms with van der Waals surface area (Å²) in [6, 6.07) is 14.2. The van der Waals surface area contributed by atoms with E-state index in [4.69, 9.17) is 0 Å². The van der Waals surface area contributed by atoms with Gasteiger partial charge in [0, 0.05) is 5.56 Å². The van der Waals surface area contributed by atoms with E-state index in [2.05, 4.69) is 37.3 Å². The third-order valence-corrected chi connectivity index (χ3v) is 9.69. The van der Waals surface area contributed by atoms with Crippen molar-refractivity contribution in [2.75, 3.05) is 0 Å². The number of fused-ring (bicyclic) bond motifs is 2. The zero-order chi connectivity index (χ0) is 32.1. The van der Waals surface area contributed by atoms with Crippen molar-refractivity contribution in [3.05, 3.63) is 83.5 Å². The zero-order valence-electron chi connectivity index (χ0n) is 21.2. The Morgan fingerprint density at radius 2 is 1.45 bits per heavy atom. The lowest BCUT2D eigenvalue weighted by molar-refractivity contribution is -0.382. The monoisotopic (exact) mass is 646 g/mol. The minimum Gasteiger partial charge on any atom is -0.743 e. The van der Waals surface area contributed by atoms with Crippen LogP contribution in [0.4, 0.5) is 39.5 Å². The number of benzene rings is 2. The van der Waals surface area contributed by atoms with Gasteiger partial charge in [0.15, 0.2) is 21.7 Å². The largest absolute Gasteiger partial charge is 0.743 e. The molecule has 0 saturated heterocycles. The Bertz CT molecular complexity index is 1620. The standard InChI is InChI=1S/C22H18O2S.C4HF9O3S/c1-14-7-10-17(11-8-14)25-20-6-4-3-5-18(20)22(24)19-13-16(15(2)23)9-12-21(19)25;5-1(6,3(9,10)11)2(7,8)4(12,13)17(14,15)16/h3-13,18H,1-2H3;(H,14,15,16). The smallest absolute Gasteiger partial charge is 0.460 e. The van der Waals surface area contributed by atoms with Crippen molar-refractivity contribution in [2.45, 2.75) is 46.9 Å². The van der Waals surface area contributed by atoms with Crippen LogP contribution in [0.1, 0.15) is 33.2 Å². The first kappa shape index (κ1) is 33.3. The number of halogens is 9. The van der Waals surface area contributed by atoms with E-state index in [-0.39, 0.29) is 17.5 Å². The highest BCUT2D eigenvalue weighted by molar-refractivity contribution is 7.97. The number of alkyl halides is 9. The van der Waals surface area contributed by atoms with Gasteiger partial charge in [-0.05, 0) is 50.3 Å². The van der Waals surface area contributed by atoms with E-state index in [9.17, 15) is 62.1 Å². The molecule has 0 fully saturated rings. The molecule has 1 aliphatic heterocycles. The summed E-state index contributed by atoms with van der Waals surface area (Å²) in [5, 5.41) is -7.11. The number of thiol groups is 1. The third kappa shape index (κ3) is 5.71. The number of ketones is 2. The molecule has 0 N–H and O–H groups in total. The molecular weight excluding hydrogens is 627 g/mol. The van der Waals surface area contributed by atoms with Gasteiger partial charge in [-0.25, -0.2) is 8.42 Å². The highest BCUT2D eigenvalue weighted by atomic mass is 32.2. The van der Waals surface area contributed by atoms with E-state index >= 15 is 0 Å². The van der Waals surface area contributed by atoms with Crippen LogP contribution in [-0.4, -0.2) is 52.7 Å². The van der Waals surface area contributed by atoms with Gasteiger partial charge in [-0.3, -0.25) is 9.59 Å². The first-order chi connectivity index (χ1) is 19.1. The van der Waals surface area contributed by atoms with E-state index in [1.54, 1.807) is 13.0 Å². The fourth-order valence-corrected chi connectivity index (χ4v) is 7.02. The van der Waals surface area contributed by atoms with Crippen molar-refractivity contribution in [2.24, 2.45) is 5.92 Å². The van der Waals surface area contributed by atoms with Gasteiger partial charge in [-0.1, -0.05) is 46.4 Å². The van der Waals surface area contributed by atoms with Crippen molar-refractivity contribution in [3.63, 3.8) is 0 Å². The number of carbonyl (C=O) groups is 2. The molecular formula is C26H19F9O5S2. The summed E-state index contributed by atoms with van der Waals surface area (Å²) in [5.41, 5.74) is 2.53. The summed E-state index contributed by atoms with van der Waals surface area (Å²) >= 11 is 0. The minimum absolute atomic E-state index is 0.0101. The van der Waals surface area contributed by atoms with Crippen molar-refractivity contribution >= 4 is 37.0 Å². The maximum atomic E-state index is 13.0. The predicted octanol–water partition coefficient (Wildman–Crippen LogP) is 6.03. The number of hydrogen-bond acceptors (Lipinski definition) is 5. The molecule has 2 aromatic carbocycles. The topological polar surface area (TPSA) is 91.3 Å². The Morgan fingerprint density at radius 1 is 0.881 bits per heavy atom. The molecule has 0 saturated carbocycles. The highest BCUT2D eigenvalue weighted by Crippen LogP contribution is 2.54. The number of carbonyl (C=O) groups excluding carboxylic acids is 2. The molecule has 1 heterocycles. The molecule has 1 aliphatic carbocycles. The van der Waals surface area contributed by atoms with Crippen LogP contribution < -0.4 is 0 Å². The Kier molecular flexibility index (Phi) is 8.80. The van der Waals surface area contributed by atoms with Crippen LogP contribution in [0, 0.1) is 12.8 Å². The Balaban J connectivity index is 0.000000252. The molecule has 0 amide bonds. The first-order valence-electron chi connectivity index (χ1n) is 11.5. The van der Waals surface area contributed by atoms with Gasteiger partial charge >= 0.3 is 23.3 Å². The van der Waals surface area contributed by atoms with E-state index < -0.39 is 43.9 Å². The number of hydrogen-bond donors (Lipinski definition) is 0. The van der Waals surface area contributed by atoms with Crippen molar-refractivity contribution < 1.29 is 62.1 Å². The molecule has 0 radical (unpaired) electrons. The maximum absolute atomic E-state index is 13.0. The van der Waals surface area contributed by atoms with Crippen molar-refractivity contribution in [3.8, 4) is 0 Å². The number of rotatable bonds is 5. The molecule has 4 rings (SSSR count). The average Bonchev–Trinajstić information content (AvgIpc) is 2.88. The number of aryl methyl sites for hydroxylation is 1. The van der Waals surface area contributed by atoms with Crippen LogP contribution >= 0.6 is 0 Å². The lowest BCUT2D eigenvalue weighted by Crippen LogP contribution is -2.63. The second-order valence-electron chi connectivity index (χ2n) is 9.09. The van der Waals surface area contributed by atoms with Crippen molar-refractivity contribution in [1.29, 1.82) is 0 Å². The summed E-state index contributed by atoms with van der Waals surface area (Å²) < 4.78 is 135. The summed E-state index contributed by atoms with van der Waals surface area (Å²) in [5.74, 6) is -14.9. The second kappa shape index (κ2) is 11.1. The molecule has 2 aromatic rings. The van der Waals surface area contributed by atoms with Gasteiger partial charge < -0.3 is 4.55 Å². The molecule has 16 heteroatoms. The molecule has 42 heavy (non-hydrogen) atoms. The van der Waals surface area contributed by atoms with Crippen molar-refractivity contribution in [1.82, 2.24) is 0 Å². The molecule has 2 unspecified atom stereocenters. The van der Waals surface area contributed by atoms with Gasteiger partial charge in [0.1, 0.15) is 20.6 Å².